The van der Waals surface area contributed by atoms with Gasteiger partial charge in [-0.15, -0.1) is 0 Å². The lowest BCUT2D eigenvalue weighted by molar-refractivity contribution is -0.147. The summed E-state index contributed by atoms with van der Waals surface area (Å²) in [5.41, 5.74) is -0.0423. The van der Waals surface area contributed by atoms with Gasteiger partial charge >= 0.3 is 11.9 Å². The summed E-state index contributed by atoms with van der Waals surface area (Å²) in [6, 6.07) is 0. The first-order valence-electron chi connectivity index (χ1n) is 4.53. The van der Waals surface area contributed by atoms with E-state index in [-0.39, 0.29) is 5.57 Å². The molecule has 2 aliphatic rings. The average molecular weight is 220 g/mol. The third-order valence-corrected chi connectivity index (χ3v) is 2.19. The van der Waals surface area contributed by atoms with Crippen LogP contribution in [0.2, 0.25) is 0 Å². The van der Waals surface area contributed by atoms with Gasteiger partial charge < -0.3 is 5.11 Å². The van der Waals surface area contributed by atoms with E-state index in [1.165, 1.54) is 23.4 Å². The van der Waals surface area contributed by atoms with Crippen molar-refractivity contribution in [3.63, 3.8) is 0 Å². The van der Waals surface area contributed by atoms with Crippen LogP contribution in [0, 0.1) is 0 Å². The van der Waals surface area contributed by atoms with Crippen molar-refractivity contribution >= 4 is 17.7 Å². The molecule has 82 valence electrons. The van der Waals surface area contributed by atoms with E-state index in [1.54, 1.807) is 6.08 Å². The molecule has 2 aliphatic heterocycles. The molecule has 1 N–H and O–H groups in total. The lowest BCUT2D eigenvalue weighted by Crippen LogP contribution is -2.43. The summed E-state index contributed by atoms with van der Waals surface area (Å²) in [6.07, 6.45) is 6.68. The van der Waals surface area contributed by atoms with Crippen LogP contribution in [0.5, 0.6) is 0 Å². The van der Waals surface area contributed by atoms with E-state index in [0.717, 1.165) is 11.2 Å². The minimum atomic E-state index is -1.15. The molecule has 0 bridgehead atoms. The Labute approximate surface area is 90.7 Å². The lowest BCUT2D eigenvalue weighted by atomic mass is 10.2. The molecule has 0 saturated carbocycles. The molecule has 2 rings (SSSR count). The van der Waals surface area contributed by atoms with Crippen LogP contribution >= 0.6 is 0 Å². The maximum Gasteiger partial charge on any atom is 0.337 e. The largest absolute Gasteiger partial charge is 0.478 e. The normalized spacial score (nSPS) is 19.4. The zero-order valence-corrected chi connectivity index (χ0v) is 8.16. The molecule has 0 radical (unpaired) electrons. The van der Waals surface area contributed by atoms with Crippen LogP contribution in [0.25, 0.3) is 0 Å². The maximum absolute atomic E-state index is 11.6. The number of rotatable bonds is 1. The number of carbonyl (C=O) groups is 3. The smallest absolute Gasteiger partial charge is 0.337 e. The minimum absolute atomic E-state index is 0.0423. The van der Waals surface area contributed by atoms with Gasteiger partial charge in [-0.3, -0.25) is 14.6 Å². The minimum Gasteiger partial charge on any atom is -0.478 e. The summed E-state index contributed by atoms with van der Waals surface area (Å²) in [7, 11) is 0. The summed E-state index contributed by atoms with van der Waals surface area (Å²) in [4.78, 5) is 33.5. The molecule has 2 heterocycles. The molecule has 6 nitrogen and oxygen atoms in total. The van der Waals surface area contributed by atoms with Crippen molar-refractivity contribution in [1.82, 2.24) is 10.0 Å². The first-order valence-corrected chi connectivity index (χ1v) is 4.53. The van der Waals surface area contributed by atoms with E-state index in [1.807, 2.05) is 0 Å². The number of carbonyl (C=O) groups excluding carboxylic acids is 2. The highest BCUT2D eigenvalue weighted by molar-refractivity contribution is 6.40. The summed E-state index contributed by atoms with van der Waals surface area (Å²) >= 11 is 0. The zero-order valence-electron chi connectivity index (χ0n) is 8.16. The number of hydrogen-bond donors (Lipinski definition) is 1. The Bertz CT molecular complexity index is 461. The molecule has 6 heteroatoms. The van der Waals surface area contributed by atoms with E-state index in [9.17, 15) is 14.4 Å². The molecule has 0 spiro atoms. The second-order valence-electron chi connectivity index (χ2n) is 3.24. The van der Waals surface area contributed by atoms with Gasteiger partial charge in [0.1, 0.15) is 0 Å². The first kappa shape index (κ1) is 10.2. The van der Waals surface area contributed by atoms with Crippen molar-refractivity contribution < 1.29 is 19.5 Å². The van der Waals surface area contributed by atoms with Crippen molar-refractivity contribution in [3.8, 4) is 0 Å². The monoisotopic (exact) mass is 220 g/mol. The summed E-state index contributed by atoms with van der Waals surface area (Å²) in [6.45, 7) is 0.345. The molecule has 0 aromatic carbocycles. The van der Waals surface area contributed by atoms with E-state index < -0.39 is 17.7 Å². The Morgan fingerprint density at radius 2 is 2.06 bits per heavy atom. The van der Waals surface area contributed by atoms with Crippen LogP contribution in [0.15, 0.2) is 36.2 Å². The summed E-state index contributed by atoms with van der Waals surface area (Å²) < 4.78 is 0. The lowest BCUT2D eigenvalue weighted by Gasteiger charge is -2.31. The second kappa shape index (κ2) is 3.65. The predicted molar refractivity (Wildman–Crippen MR) is 52.6 cm³/mol. The molecule has 0 unspecified atom stereocenters. The number of ketones is 1. The number of hydrazine groups is 1. The van der Waals surface area contributed by atoms with E-state index in [0.29, 0.717) is 6.54 Å². The Kier molecular flexibility index (Phi) is 2.32. The van der Waals surface area contributed by atoms with Crippen molar-refractivity contribution in [2.24, 2.45) is 0 Å². The van der Waals surface area contributed by atoms with Gasteiger partial charge in [0.25, 0.3) is 0 Å². The quantitative estimate of drug-likeness (QED) is 0.612. The predicted octanol–water partition coefficient (Wildman–Crippen LogP) is -0.333. The third kappa shape index (κ3) is 1.60. The van der Waals surface area contributed by atoms with Crippen LogP contribution in [-0.2, 0) is 14.4 Å². The first-order chi connectivity index (χ1) is 7.59. The Hall–Kier alpha value is -2.37. The van der Waals surface area contributed by atoms with E-state index in [2.05, 4.69) is 0 Å². The number of amides is 1. The molecule has 0 aliphatic carbocycles. The average Bonchev–Trinajstić information content (AvgIpc) is 2.40. The Balaban J connectivity index is 2.36. The number of aliphatic carboxylic acids is 1. The summed E-state index contributed by atoms with van der Waals surface area (Å²) in [5.74, 6) is -2.58. The molecule has 16 heavy (non-hydrogen) atoms. The van der Waals surface area contributed by atoms with Gasteiger partial charge in [0, 0.05) is 12.4 Å². The van der Waals surface area contributed by atoms with Crippen LogP contribution in [0.4, 0.5) is 0 Å². The van der Waals surface area contributed by atoms with Gasteiger partial charge in [0.2, 0.25) is 5.78 Å². The van der Waals surface area contributed by atoms with Crippen LogP contribution < -0.4 is 0 Å². The van der Waals surface area contributed by atoms with Crippen molar-refractivity contribution in [2.45, 2.75) is 0 Å². The molecule has 0 aromatic rings. The van der Waals surface area contributed by atoms with Crippen LogP contribution in [-0.4, -0.2) is 39.3 Å². The summed E-state index contributed by atoms with van der Waals surface area (Å²) in [5, 5.41) is 11.2. The fourth-order valence-electron chi connectivity index (χ4n) is 1.39. The number of hydrogen-bond acceptors (Lipinski definition) is 4. The topological polar surface area (TPSA) is 77.9 Å². The van der Waals surface area contributed by atoms with E-state index >= 15 is 0 Å². The SMILES string of the molecule is O=C(O)C1=CN2C(=O)C(=O)C=CCN2C=C1. The molecule has 0 atom stereocenters. The third-order valence-electron chi connectivity index (χ3n) is 2.19. The van der Waals surface area contributed by atoms with Crippen molar-refractivity contribution in [2.75, 3.05) is 6.54 Å². The highest BCUT2D eigenvalue weighted by Crippen LogP contribution is 2.15. The molecule has 0 fully saturated rings. The van der Waals surface area contributed by atoms with Gasteiger partial charge in [0.05, 0.1) is 12.1 Å². The van der Waals surface area contributed by atoms with Crippen LogP contribution in [0.3, 0.4) is 0 Å². The van der Waals surface area contributed by atoms with Gasteiger partial charge in [-0.25, -0.2) is 9.80 Å². The second-order valence-corrected chi connectivity index (χ2v) is 3.24. The maximum atomic E-state index is 11.6. The molecular weight excluding hydrogens is 212 g/mol. The number of carboxylic acid groups (broad SMARTS) is 1. The van der Waals surface area contributed by atoms with Gasteiger partial charge in [-0.1, -0.05) is 6.08 Å². The Morgan fingerprint density at radius 1 is 1.31 bits per heavy atom. The number of carboxylic acids is 1. The van der Waals surface area contributed by atoms with E-state index in [4.69, 9.17) is 5.11 Å². The number of nitrogens with zero attached hydrogens (tertiary/aromatic N) is 2. The highest BCUT2D eigenvalue weighted by Gasteiger charge is 2.27. The highest BCUT2D eigenvalue weighted by atomic mass is 16.4. The standard InChI is InChI=1S/C10H8N2O4/c13-8-2-1-4-11-5-3-7(10(15)16)6-12(11)9(8)14/h1-3,5-6H,4H2,(H,15,16). The number of fused-ring (bicyclic) bond motifs is 1. The van der Waals surface area contributed by atoms with Gasteiger partial charge in [-0.05, 0) is 12.2 Å². The molecule has 1 amide bonds. The van der Waals surface area contributed by atoms with Crippen molar-refractivity contribution in [3.05, 3.63) is 36.2 Å². The fraction of sp³-hybridized carbons (Fsp3) is 0.100. The fourth-order valence-corrected chi connectivity index (χ4v) is 1.39. The van der Waals surface area contributed by atoms with Gasteiger partial charge in [0.15, 0.2) is 0 Å². The van der Waals surface area contributed by atoms with Gasteiger partial charge in [-0.2, -0.15) is 0 Å². The molecular formula is C10H8N2O4. The van der Waals surface area contributed by atoms with Crippen LogP contribution in [0.1, 0.15) is 0 Å². The van der Waals surface area contributed by atoms with Crippen molar-refractivity contribution in [1.29, 1.82) is 0 Å². The zero-order chi connectivity index (χ0) is 11.7. The molecule has 0 aromatic heterocycles. The molecule has 0 saturated heterocycles. The Morgan fingerprint density at radius 3 is 2.75 bits per heavy atom.